The number of sulfone groups is 1. The molecule has 1 aliphatic rings. The lowest BCUT2D eigenvalue weighted by Crippen LogP contribution is -2.34. The molecule has 4 aromatic carbocycles. The van der Waals surface area contributed by atoms with Gasteiger partial charge >= 0.3 is 0 Å². The minimum absolute atomic E-state index is 0.182. The Hall–Kier alpha value is -5.01. The van der Waals surface area contributed by atoms with E-state index >= 15 is 0 Å². The van der Waals surface area contributed by atoms with Crippen LogP contribution in [0.5, 0.6) is 0 Å². The third kappa shape index (κ3) is 5.47. The van der Waals surface area contributed by atoms with Crippen molar-refractivity contribution in [2.24, 2.45) is 5.92 Å². The molecule has 0 bridgehead atoms. The minimum Gasteiger partial charge on any atom is -0.276 e. The van der Waals surface area contributed by atoms with Crippen LogP contribution in [-0.4, -0.2) is 20.2 Å². The third-order valence-corrected chi connectivity index (χ3v) is 8.98. The average Bonchev–Trinajstić information content (AvgIpc) is 3.27. The number of nitrogens with zero attached hydrogens (tertiary/aromatic N) is 2. The van der Waals surface area contributed by atoms with Gasteiger partial charge < -0.3 is 0 Å². The fourth-order valence-electron chi connectivity index (χ4n) is 5.32. The highest BCUT2D eigenvalue weighted by molar-refractivity contribution is 8.01. The van der Waals surface area contributed by atoms with Gasteiger partial charge in [-0.2, -0.15) is 0 Å². The van der Waals surface area contributed by atoms with E-state index in [-0.39, 0.29) is 11.1 Å². The molecule has 0 aromatic heterocycles. The summed E-state index contributed by atoms with van der Waals surface area (Å²) in [6.07, 6.45) is 0. The van der Waals surface area contributed by atoms with Gasteiger partial charge in [-0.1, -0.05) is 93.2 Å². The first-order valence-electron chi connectivity index (χ1n) is 13.9. The summed E-state index contributed by atoms with van der Waals surface area (Å²) in [7, 11) is -4.62. The lowest BCUT2D eigenvalue weighted by Gasteiger charge is -2.25. The number of allylic oxidation sites excluding steroid dienone is 3. The van der Waals surface area contributed by atoms with Crippen LogP contribution in [0.1, 0.15) is 20.8 Å². The molecular formula is C36H32N2O4S. The van der Waals surface area contributed by atoms with Crippen LogP contribution < -0.4 is 9.80 Å². The number of hydrogen-bond donors (Lipinski definition) is 0. The number of hydrogen-bond acceptors (Lipinski definition) is 4. The summed E-state index contributed by atoms with van der Waals surface area (Å²) in [6.45, 7) is 9.37. The largest absolute Gasteiger partial charge is 0.276 e. The second-order valence-corrected chi connectivity index (χ2v) is 12.3. The highest BCUT2D eigenvalue weighted by Crippen LogP contribution is 2.46. The maximum absolute atomic E-state index is 14.7. The average molecular weight is 589 g/mol. The van der Waals surface area contributed by atoms with Gasteiger partial charge in [-0.25, -0.2) is 8.42 Å². The van der Waals surface area contributed by atoms with Crippen molar-refractivity contribution >= 4 is 44.4 Å². The van der Waals surface area contributed by atoms with Crippen LogP contribution in [0.25, 0.3) is 0 Å². The molecule has 4 aromatic rings. The number of carbonyl (C=O) groups excluding carboxylic acids is 2. The Bertz CT molecular complexity index is 1770. The van der Waals surface area contributed by atoms with E-state index in [4.69, 9.17) is 0 Å². The third-order valence-electron chi connectivity index (χ3n) is 7.13. The predicted octanol–water partition coefficient (Wildman–Crippen LogP) is 7.88. The van der Waals surface area contributed by atoms with E-state index in [1.54, 1.807) is 104 Å². The molecule has 0 atom stereocenters. The first kappa shape index (κ1) is 29.5. The van der Waals surface area contributed by atoms with Gasteiger partial charge in [0, 0.05) is 28.3 Å². The van der Waals surface area contributed by atoms with Crippen LogP contribution in [-0.2, 0) is 19.4 Å². The molecule has 7 heteroatoms. The highest BCUT2D eigenvalue weighted by atomic mass is 32.2. The molecule has 0 fully saturated rings. The molecule has 0 saturated heterocycles. The standard InChI is InChI=1S/C36H32N2O4S/c1-25(2)31-32(26(3)4)34(36(40)38(29-21-13-7-14-22-29)30-23-15-8-16-24-30)43(41,42)33(31)35(39)37(27-17-9-5-10-18-27)28-19-11-6-12-20-28/h5-24,26H,1H2,2-4H3. The quantitative estimate of drug-likeness (QED) is 0.210. The fourth-order valence-corrected chi connectivity index (χ4v) is 7.35. The normalized spacial score (nSPS) is 14.1. The van der Waals surface area contributed by atoms with Gasteiger partial charge in [0.15, 0.2) is 0 Å². The number of benzene rings is 4. The topological polar surface area (TPSA) is 74.8 Å². The van der Waals surface area contributed by atoms with Crippen molar-refractivity contribution in [3.63, 3.8) is 0 Å². The molecule has 5 rings (SSSR count). The van der Waals surface area contributed by atoms with Gasteiger partial charge in [-0.3, -0.25) is 19.4 Å². The Morgan fingerprint density at radius 2 is 0.884 bits per heavy atom. The fraction of sp³-hybridized carbons (Fsp3) is 0.111. The van der Waals surface area contributed by atoms with E-state index < -0.39 is 37.4 Å². The van der Waals surface area contributed by atoms with Crippen molar-refractivity contribution in [3.8, 4) is 0 Å². The molecule has 1 heterocycles. The summed E-state index contributed by atoms with van der Waals surface area (Å²) < 4.78 is 29.4. The first-order valence-corrected chi connectivity index (χ1v) is 15.4. The summed E-state index contributed by atoms with van der Waals surface area (Å²) in [5.74, 6) is -1.92. The van der Waals surface area contributed by atoms with Gasteiger partial charge in [-0.15, -0.1) is 0 Å². The number of para-hydroxylation sites is 4. The van der Waals surface area contributed by atoms with Crippen molar-refractivity contribution in [1.82, 2.24) is 0 Å². The second-order valence-electron chi connectivity index (χ2n) is 10.5. The van der Waals surface area contributed by atoms with Crippen LogP contribution in [0.3, 0.4) is 0 Å². The van der Waals surface area contributed by atoms with E-state index in [2.05, 4.69) is 6.58 Å². The lowest BCUT2D eigenvalue weighted by molar-refractivity contribution is -0.114. The van der Waals surface area contributed by atoms with E-state index in [9.17, 15) is 18.0 Å². The van der Waals surface area contributed by atoms with E-state index in [0.717, 1.165) is 0 Å². The zero-order chi connectivity index (χ0) is 30.7. The second kappa shape index (κ2) is 12.1. The maximum Gasteiger partial charge on any atom is 0.275 e. The molecule has 0 saturated carbocycles. The maximum atomic E-state index is 14.7. The van der Waals surface area contributed by atoms with Gasteiger partial charge in [0.05, 0.1) is 0 Å². The molecular weight excluding hydrogens is 556 g/mol. The molecule has 216 valence electrons. The summed E-state index contributed by atoms with van der Waals surface area (Å²) in [5, 5.41) is 0. The Labute approximate surface area is 252 Å². The Kier molecular flexibility index (Phi) is 8.28. The Morgan fingerprint density at radius 3 is 1.16 bits per heavy atom. The molecule has 1 aliphatic heterocycles. The summed E-state index contributed by atoms with van der Waals surface area (Å²) in [5.41, 5.74) is 2.81. The van der Waals surface area contributed by atoms with Crippen molar-refractivity contribution < 1.29 is 18.0 Å². The van der Waals surface area contributed by atoms with Crippen molar-refractivity contribution in [3.05, 3.63) is 154 Å². The number of rotatable bonds is 8. The molecule has 0 unspecified atom stereocenters. The molecule has 0 radical (unpaired) electrons. The zero-order valence-corrected chi connectivity index (χ0v) is 25.1. The molecule has 43 heavy (non-hydrogen) atoms. The van der Waals surface area contributed by atoms with E-state index in [1.807, 2.05) is 38.1 Å². The van der Waals surface area contributed by atoms with Crippen molar-refractivity contribution in [2.75, 3.05) is 9.80 Å². The van der Waals surface area contributed by atoms with Gasteiger partial charge in [0.2, 0.25) is 9.84 Å². The van der Waals surface area contributed by atoms with Gasteiger partial charge in [0.25, 0.3) is 11.8 Å². The van der Waals surface area contributed by atoms with Crippen LogP contribution in [0.2, 0.25) is 0 Å². The molecule has 0 N–H and O–H groups in total. The lowest BCUT2D eigenvalue weighted by atomic mass is 9.90. The van der Waals surface area contributed by atoms with E-state index in [0.29, 0.717) is 28.3 Å². The first-order chi connectivity index (χ1) is 20.6. The molecule has 2 amide bonds. The predicted molar refractivity (Wildman–Crippen MR) is 173 cm³/mol. The number of amides is 2. The Balaban J connectivity index is 1.74. The monoisotopic (exact) mass is 588 g/mol. The Morgan fingerprint density at radius 1 is 0.581 bits per heavy atom. The van der Waals surface area contributed by atoms with Crippen LogP contribution in [0.15, 0.2) is 154 Å². The SMILES string of the molecule is C=C(C)C1=C(C(=O)N(c2ccccc2)c2ccccc2)S(=O)(=O)C(C(=O)N(c2ccccc2)c2ccccc2)=C1C(C)C. The molecule has 6 nitrogen and oxygen atoms in total. The molecule has 0 aliphatic carbocycles. The highest BCUT2D eigenvalue weighted by Gasteiger charge is 2.48. The smallest absolute Gasteiger partial charge is 0.275 e. The van der Waals surface area contributed by atoms with Crippen LogP contribution >= 0.6 is 0 Å². The van der Waals surface area contributed by atoms with Gasteiger partial charge in [-0.05, 0) is 72.5 Å². The van der Waals surface area contributed by atoms with Gasteiger partial charge in [0.1, 0.15) is 9.81 Å². The summed E-state index contributed by atoms with van der Waals surface area (Å²) in [6, 6.07) is 35.4. The number of anilines is 4. The van der Waals surface area contributed by atoms with Crippen LogP contribution in [0.4, 0.5) is 22.7 Å². The number of carbonyl (C=O) groups is 2. The van der Waals surface area contributed by atoms with Crippen molar-refractivity contribution in [1.29, 1.82) is 0 Å². The van der Waals surface area contributed by atoms with E-state index in [1.165, 1.54) is 9.80 Å². The van der Waals surface area contributed by atoms with Crippen molar-refractivity contribution in [2.45, 2.75) is 20.8 Å². The summed E-state index contributed by atoms with van der Waals surface area (Å²) in [4.78, 5) is 31.1. The minimum atomic E-state index is -4.62. The van der Waals surface area contributed by atoms with Crippen LogP contribution in [0, 0.1) is 5.92 Å². The molecule has 0 spiro atoms. The zero-order valence-electron chi connectivity index (χ0n) is 24.3. The summed E-state index contributed by atoms with van der Waals surface area (Å²) >= 11 is 0.